The Morgan fingerprint density at radius 1 is 1.19 bits per heavy atom. The van der Waals surface area contributed by atoms with Crippen LogP contribution >= 0.6 is 0 Å². The van der Waals surface area contributed by atoms with Crippen LogP contribution in [-0.2, 0) is 17.8 Å². The molecule has 0 fully saturated rings. The van der Waals surface area contributed by atoms with Crippen molar-refractivity contribution < 1.29 is 4.74 Å². The van der Waals surface area contributed by atoms with Crippen LogP contribution in [0.15, 0.2) is 17.2 Å². The van der Waals surface area contributed by atoms with Gasteiger partial charge in [-0.2, -0.15) is 0 Å². The average Bonchev–Trinajstić information content (AvgIpc) is 2.48. The summed E-state index contributed by atoms with van der Waals surface area (Å²) in [6.45, 7) is 10.1. The Balaban J connectivity index is 2.52. The third kappa shape index (κ3) is 3.85. The Kier molecular flexibility index (Phi) is 4.35. The van der Waals surface area contributed by atoms with Gasteiger partial charge >= 0.3 is 5.69 Å². The maximum atomic E-state index is 11.8. The van der Waals surface area contributed by atoms with Gasteiger partial charge in [0.1, 0.15) is 0 Å². The quantitative estimate of drug-likeness (QED) is 0.768. The summed E-state index contributed by atoms with van der Waals surface area (Å²) in [4.78, 5) is 11.8. The highest BCUT2D eigenvalue weighted by atomic mass is 16.5. The molecule has 0 radical (unpaired) electrons. The van der Waals surface area contributed by atoms with E-state index in [4.69, 9.17) is 4.74 Å². The molecule has 0 aliphatic heterocycles. The first kappa shape index (κ1) is 13.0. The topological polar surface area (TPSA) is 36.2 Å². The van der Waals surface area contributed by atoms with Crippen molar-refractivity contribution in [3.05, 3.63) is 22.9 Å². The lowest BCUT2D eigenvalue weighted by molar-refractivity contribution is -0.00715. The molecule has 4 nitrogen and oxygen atoms in total. The van der Waals surface area contributed by atoms with Gasteiger partial charge in [0.05, 0.1) is 18.8 Å². The number of imidazole rings is 1. The van der Waals surface area contributed by atoms with Gasteiger partial charge in [-0.25, -0.2) is 4.79 Å². The maximum absolute atomic E-state index is 11.8. The average molecular weight is 226 g/mol. The summed E-state index contributed by atoms with van der Waals surface area (Å²) in [5, 5.41) is 0. The highest BCUT2D eigenvalue weighted by molar-refractivity contribution is 4.81. The Hall–Kier alpha value is -1.03. The fourth-order valence-corrected chi connectivity index (χ4v) is 1.48. The smallest absolute Gasteiger partial charge is 0.328 e. The van der Waals surface area contributed by atoms with Gasteiger partial charge in [-0.15, -0.1) is 0 Å². The lowest BCUT2D eigenvalue weighted by Crippen LogP contribution is -2.28. The van der Waals surface area contributed by atoms with Gasteiger partial charge in [0.15, 0.2) is 0 Å². The lowest BCUT2D eigenvalue weighted by Gasteiger charge is -2.19. The van der Waals surface area contributed by atoms with E-state index in [2.05, 4.69) is 6.92 Å². The third-order valence-electron chi connectivity index (χ3n) is 2.25. The molecule has 0 atom stereocenters. The molecule has 0 aromatic carbocycles. The minimum absolute atomic E-state index is 0.0550. The van der Waals surface area contributed by atoms with Crippen molar-refractivity contribution in [2.45, 2.75) is 52.8 Å². The molecule has 16 heavy (non-hydrogen) atoms. The van der Waals surface area contributed by atoms with Crippen LogP contribution in [0.1, 0.15) is 34.1 Å². The second-order valence-electron chi connectivity index (χ2n) is 4.93. The van der Waals surface area contributed by atoms with E-state index >= 15 is 0 Å². The fraction of sp³-hybridized carbons (Fsp3) is 0.750. The maximum Gasteiger partial charge on any atom is 0.328 e. The molecule has 0 aliphatic carbocycles. The fourth-order valence-electron chi connectivity index (χ4n) is 1.48. The molecule has 1 heterocycles. The van der Waals surface area contributed by atoms with E-state index in [1.54, 1.807) is 9.13 Å². The van der Waals surface area contributed by atoms with Crippen molar-refractivity contribution >= 4 is 0 Å². The molecule has 1 aromatic heterocycles. The van der Waals surface area contributed by atoms with Crippen LogP contribution in [0.25, 0.3) is 0 Å². The van der Waals surface area contributed by atoms with Crippen molar-refractivity contribution in [3.8, 4) is 0 Å². The predicted octanol–water partition coefficient (Wildman–Crippen LogP) is 1.87. The first-order valence-electron chi connectivity index (χ1n) is 5.83. The van der Waals surface area contributed by atoms with Gasteiger partial charge in [0, 0.05) is 18.9 Å². The van der Waals surface area contributed by atoms with Crippen molar-refractivity contribution in [2.75, 3.05) is 6.61 Å². The molecule has 0 saturated heterocycles. The molecule has 0 bridgehead atoms. The van der Waals surface area contributed by atoms with E-state index < -0.39 is 0 Å². The lowest BCUT2D eigenvalue weighted by atomic mass is 10.2. The number of rotatable bonds is 5. The van der Waals surface area contributed by atoms with E-state index in [1.165, 1.54) is 0 Å². The normalized spacial score (nSPS) is 12.0. The Morgan fingerprint density at radius 2 is 1.75 bits per heavy atom. The second-order valence-corrected chi connectivity index (χ2v) is 4.93. The number of ether oxygens (including phenoxy) is 1. The van der Waals surface area contributed by atoms with Gasteiger partial charge in [-0.05, 0) is 27.2 Å². The number of hydrogen-bond acceptors (Lipinski definition) is 2. The van der Waals surface area contributed by atoms with Crippen LogP contribution in [-0.4, -0.2) is 21.3 Å². The van der Waals surface area contributed by atoms with E-state index in [0.29, 0.717) is 13.2 Å². The molecular formula is C12H22N2O2. The van der Waals surface area contributed by atoms with Crippen LogP contribution < -0.4 is 5.69 Å². The molecule has 0 unspecified atom stereocenters. The Labute approximate surface area is 96.8 Å². The minimum Gasteiger partial charge on any atom is -0.374 e. The molecule has 0 spiro atoms. The van der Waals surface area contributed by atoms with Gasteiger partial charge in [0.2, 0.25) is 0 Å². The molecule has 0 saturated carbocycles. The first-order valence-corrected chi connectivity index (χ1v) is 5.83. The number of aromatic nitrogens is 2. The zero-order chi connectivity index (χ0) is 12.2. The standard InChI is InChI=1S/C12H22N2O2/c1-5-6-13-7-8-14(11(13)15)9-10-16-12(2,3)4/h7-8H,5-6,9-10H2,1-4H3. The molecule has 0 amide bonds. The molecule has 4 heteroatoms. The van der Waals surface area contributed by atoms with Crippen LogP contribution in [0.5, 0.6) is 0 Å². The van der Waals surface area contributed by atoms with Gasteiger partial charge < -0.3 is 4.74 Å². The molecule has 1 rings (SSSR count). The van der Waals surface area contributed by atoms with E-state index in [0.717, 1.165) is 13.0 Å². The summed E-state index contributed by atoms with van der Waals surface area (Å²) in [5.41, 5.74) is -0.0883. The highest BCUT2D eigenvalue weighted by Gasteiger charge is 2.10. The molecular weight excluding hydrogens is 204 g/mol. The number of hydrogen-bond donors (Lipinski definition) is 0. The Bertz CT molecular complexity index is 371. The predicted molar refractivity (Wildman–Crippen MR) is 64.7 cm³/mol. The number of aryl methyl sites for hydroxylation is 1. The SMILES string of the molecule is CCCn1ccn(CCOC(C)(C)C)c1=O. The Morgan fingerprint density at radius 3 is 2.25 bits per heavy atom. The van der Waals surface area contributed by atoms with Crippen LogP contribution in [0.4, 0.5) is 0 Å². The van der Waals surface area contributed by atoms with Crippen LogP contribution in [0.3, 0.4) is 0 Å². The van der Waals surface area contributed by atoms with Crippen LogP contribution in [0.2, 0.25) is 0 Å². The van der Waals surface area contributed by atoms with Gasteiger partial charge in [-0.3, -0.25) is 9.13 Å². The van der Waals surface area contributed by atoms with Gasteiger partial charge in [0.25, 0.3) is 0 Å². The van der Waals surface area contributed by atoms with E-state index in [1.807, 2.05) is 33.2 Å². The summed E-state index contributed by atoms with van der Waals surface area (Å²) >= 11 is 0. The van der Waals surface area contributed by atoms with Crippen LogP contribution in [0, 0.1) is 0 Å². The second kappa shape index (κ2) is 5.34. The highest BCUT2D eigenvalue weighted by Crippen LogP contribution is 2.05. The monoisotopic (exact) mass is 226 g/mol. The summed E-state index contributed by atoms with van der Waals surface area (Å²) < 4.78 is 9.02. The number of nitrogens with zero attached hydrogens (tertiary/aromatic N) is 2. The van der Waals surface area contributed by atoms with E-state index in [9.17, 15) is 4.79 Å². The van der Waals surface area contributed by atoms with Crippen molar-refractivity contribution in [1.82, 2.24) is 9.13 Å². The summed E-state index contributed by atoms with van der Waals surface area (Å²) in [7, 11) is 0. The molecule has 1 aromatic rings. The zero-order valence-corrected chi connectivity index (χ0v) is 10.7. The molecule has 0 aliphatic rings. The molecule has 0 N–H and O–H groups in total. The first-order chi connectivity index (χ1) is 7.44. The van der Waals surface area contributed by atoms with Crippen molar-refractivity contribution in [3.63, 3.8) is 0 Å². The van der Waals surface area contributed by atoms with Crippen molar-refractivity contribution in [2.24, 2.45) is 0 Å². The summed E-state index contributed by atoms with van der Waals surface area (Å²) in [6.07, 6.45) is 4.63. The van der Waals surface area contributed by atoms with E-state index in [-0.39, 0.29) is 11.3 Å². The van der Waals surface area contributed by atoms with Gasteiger partial charge in [-0.1, -0.05) is 6.92 Å². The summed E-state index contributed by atoms with van der Waals surface area (Å²) in [6, 6.07) is 0. The largest absolute Gasteiger partial charge is 0.374 e. The zero-order valence-electron chi connectivity index (χ0n) is 10.7. The minimum atomic E-state index is -0.143. The van der Waals surface area contributed by atoms with Crippen molar-refractivity contribution in [1.29, 1.82) is 0 Å². The third-order valence-corrected chi connectivity index (χ3v) is 2.25. The summed E-state index contributed by atoms with van der Waals surface area (Å²) in [5.74, 6) is 0. The molecule has 92 valence electrons.